The second-order valence-electron chi connectivity index (χ2n) is 10.8. The first-order chi connectivity index (χ1) is 18.7. The highest BCUT2D eigenvalue weighted by atomic mass is 35.5. The Balaban J connectivity index is 1.32. The highest BCUT2D eigenvalue weighted by molar-refractivity contribution is 6.30. The van der Waals surface area contributed by atoms with Crippen LogP contribution in [0.2, 0.25) is 5.02 Å². The maximum atomic E-state index is 13.4. The number of hydrogen-bond acceptors (Lipinski definition) is 5. The number of aliphatic hydroxyl groups is 1. The van der Waals surface area contributed by atoms with Gasteiger partial charge in [-0.15, -0.1) is 0 Å². The van der Waals surface area contributed by atoms with Crippen LogP contribution in [-0.4, -0.2) is 47.1 Å². The van der Waals surface area contributed by atoms with Gasteiger partial charge in [-0.05, 0) is 93.8 Å². The van der Waals surface area contributed by atoms with E-state index in [0.717, 1.165) is 71.9 Å². The van der Waals surface area contributed by atoms with E-state index in [1.165, 1.54) is 0 Å². The Bertz CT molecular complexity index is 1360. The van der Waals surface area contributed by atoms with E-state index in [9.17, 15) is 9.90 Å². The Labute approximate surface area is 235 Å². The number of fused-ring (bicyclic) bond motifs is 2. The Morgan fingerprint density at radius 3 is 2.74 bits per heavy atom. The van der Waals surface area contributed by atoms with Crippen molar-refractivity contribution in [3.05, 3.63) is 94.3 Å². The third-order valence-electron chi connectivity index (χ3n) is 7.66. The molecule has 1 aromatic heterocycles. The standard InChI is InChI=1S/C32H36ClN3O3/c1-4-36(25-12-10-24(33)11-13-25)31(37)22-15-18-35(20-22)17-6-8-26-27-7-5-16-34-29(27)21-39-30-14-9-23(19-28(26)30)32(2,3)38/h5,7-14,16,19,22,38H,4,6,15,17-18,20-21H2,1-3H3/b26-8+. The van der Waals surface area contributed by atoms with Crippen LogP contribution in [0.5, 0.6) is 5.75 Å². The number of nitrogens with zero attached hydrogens (tertiary/aromatic N) is 3. The first-order valence-electron chi connectivity index (χ1n) is 13.7. The number of anilines is 1. The van der Waals surface area contributed by atoms with E-state index in [0.29, 0.717) is 18.2 Å². The van der Waals surface area contributed by atoms with Crippen molar-refractivity contribution in [3.8, 4) is 5.75 Å². The molecule has 0 aliphatic carbocycles. The monoisotopic (exact) mass is 545 g/mol. The van der Waals surface area contributed by atoms with Crippen LogP contribution in [0.1, 0.15) is 56.0 Å². The van der Waals surface area contributed by atoms with Crippen molar-refractivity contribution in [3.63, 3.8) is 0 Å². The molecule has 3 heterocycles. The van der Waals surface area contributed by atoms with Crippen LogP contribution in [0.3, 0.4) is 0 Å². The van der Waals surface area contributed by atoms with Gasteiger partial charge in [0.15, 0.2) is 0 Å². The van der Waals surface area contributed by atoms with Gasteiger partial charge in [-0.1, -0.05) is 29.8 Å². The summed E-state index contributed by atoms with van der Waals surface area (Å²) in [6, 6.07) is 17.4. The summed E-state index contributed by atoms with van der Waals surface area (Å²) in [6.07, 6.45) is 5.73. The molecule has 6 nitrogen and oxygen atoms in total. The molecule has 1 amide bonds. The number of ether oxygens (including phenoxy) is 1. The van der Waals surface area contributed by atoms with Gasteiger partial charge in [0, 0.05) is 47.7 Å². The SMILES string of the molecule is CCN(C(=O)C1CCN(CC/C=C2/c3cc(C(C)(C)O)ccc3OCc3ncccc32)C1)c1ccc(Cl)cc1. The maximum Gasteiger partial charge on any atom is 0.231 e. The molecular formula is C32H36ClN3O3. The van der Waals surface area contributed by atoms with E-state index in [2.05, 4.69) is 22.0 Å². The number of benzene rings is 2. The van der Waals surface area contributed by atoms with Crippen LogP contribution in [0.25, 0.3) is 5.57 Å². The third-order valence-corrected chi connectivity index (χ3v) is 7.91. The molecule has 1 saturated heterocycles. The second-order valence-corrected chi connectivity index (χ2v) is 11.2. The largest absolute Gasteiger partial charge is 0.487 e. The van der Waals surface area contributed by atoms with Gasteiger partial charge in [0.2, 0.25) is 5.91 Å². The maximum absolute atomic E-state index is 13.4. The van der Waals surface area contributed by atoms with Crippen molar-refractivity contribution in [1.29, 1.82) is 0 Å². The summed E-state index contributed by atoms with van der Waals surface area (Å²) in [7, 11) is 0. The summed E-state index contributed by atoms with van der Waals surface area (Å²) < 4.78 is 6.12. The van der Waals surface area contributed by atoms with Crippen LogP contribution in [0, 0.1) is 5.92 Å². The molecule has 2 aromatic carbocycles. The van der Waals surface area contributed by atoms with Gasteiger partial charge in [0.05, 0.1) is 17.2 Å². The lowest BCUT2D eigenvalue weighted by atomic mass is 9.90. The van der Waals surface area contributed by atoms with Gasteiger partial charge in [-0.3, -0.25) is 9.78 Å². The molecule has 1 N–H and O–H groups in total. The van der Waals surface area contributed by atoms with Crippen LogP contribution in [0.15, 0.2) is 66.9 Å². The highest BCUT2D eigenvalue weighted by Gasteiger charge is 2.31. The van der Waals surface area contributed by atoms with Gasteiger partial charge in [-0.2, -0.15) is 0 Å². The zero-order valence-corrected chi connectivity index (χ0v) is 23.6. The van der Waals surface area contributed by atoms with Gasteiger partial charge >= 0.3 is 0 Å². The summed E-state index contributed by atoms with van der Waals surface area (Å²) in [4.78, 5) is 22.2. The molecule has 0 bridgehead atoms. The van der Waals surface area contributed by atoms with Crippen molar-refractivity contribution < 1.29 is 14.6 Å². The molecule has 0 saturated carbocycles. The molecule has 2 aliphatic rings. The molecule has 2 aliphatic heterocycles. The fourth-order valence-electron chi connectivity index (χ4n) is 5.49. The lowest BCUT2D eigenvalue weighted by molar-refractivity contribution is -0.122. The summed E-state index contributed by atoms with van der Waals surface area (Å²) in [5, 5.41) is 11.3. The first-order valence-corrected chi connectivity index (χ1v) is 14.1. The minimum atomic E-state index is -0.959. The summed E-state index contributed by atoms with van der Waals surface area (Å²) in [5.41, 5.74) is 4.77. The number of carbonyl (C=O) groups excluding carboxylic acids is 1. The van der Waals surface area contributed by atoms with E-state index in [1.54, 1.807) is 20.0 Å². The molecule has 5 rings (SSSR count). The molecule has 7 heteroatoms. The molecular weight excluding hydrogens is 510 g/mol. The van der Waals surface area contributed by atoms with Crippen molar-refractivity contribution in [2.75, 3.05) is 31.1 Å². The van der Waals surface area contributed by atoms with Gasteiger partial charge in [0.1, 0.15) is 12.4 Å². The predicted octanol–water partition coefficient (Wildman–Crippen LogP) is 6.05. The van der Waals surface area contributed by atoms with Crippen LogP contribution in [0.4, 0.5) is 5.69 Å². The van der Waals surface area contributed by atoms with Crippen molar-refractivity contribution in [1.82, 2.24) is 9.88 Å². The Kier molecular flexibility index (Phi) is 8.08. The number of aromatic nitrogens is 1. The Morgan fingerprint density at radius 2 is 2.00 bits per heavy atom. The van der Waals surface area contributed by atoms with E-state index >= 15 is 0 Å². The fourth-order valence-corrected chi connectivity index (χ4v) is 5.62. The van der Waals surface area contributed by atoms with Crippen molar-refractivity contribution >= 4 is 28.8 Å². The second kappa shape index (κ2) is 11.5. The van der Waals surface area contributed by atoms with Gasteiger partial charge < -0.3 is 19.6 Å². The Hall–Kier alpha value is -3.19. The Morgan fingerprint density at radius 1 is 1.21 bits per heavy atom. The average Bonchev–Trinajstić information content (AvgIpc) is 3.34. The zero-order chi connectivity index (χ0) is 27.6. The lowest BCUT2D eigenvalue weighted by Gasteiger charge is -2.24. The predicted molar refractivity (Wildman–Crippen MR) is 156 cm³/mol. The number of likely N-dealkylation sites (tertiary alicyclic amines) is 1. The summed E-state index contributed by atoms with van der Waals surface area (Å²) in [5.74, 6) is 0.954. The minimum absolute atomic E-state index is 0.0143. The fraction of sp³-hybridized carbons (Fsp3) is 0.375. The molecule has 0 spiro atoms. The molecule has 39 heavy (non-hydrogen) atoms. The number of amides is 1. The average molecular weight is 546 g/mol. The lowest BCUT2D eigenvalue weighted by Crippen LogP contribution is -2.37. The van der Waals surface area contributed by atoms with Crippen molar-refractivity contribution in [2.24, 2.45) is 5.92 Å². The van der Waals surface area contributed by atoms with E-state index in [1.807, 2.05) is 60.4 Å². The van der Waals surface area contributed by atoms with E-state index < -0.39 is 5.60 Å². The number of halogens is 1. The van der Waals surface area contributed by atoms with E-state index in [-0.39, 0.29) is 11.8 Å². The molecule has 1 atom stereocenters. The normalized spacial score (nSPS) is 18.3. The summed E-state index contributed by atoms with van der Waals surface area (Å²) >= 11 is 6.05. The van der Waals surface area contributed by atoms with Crippen LogP contribution >= 0.6 is 11.6 Å². The number of carbonyl (C=O) groups is 1. The van der Waals surface area contributed by atoms with Crippen LogP contribution in [-0.2, 0) is 17.0 Å². The topological polar surface area (TPSA) is 65.9 Å². The quantitative estimate of drug-likeness (QED) is 0.391. The number of pyridine rings is 1. The molecule has 3 aromatic rings. The highest BCUT2D eigenvalue weighted by Crippen LogP contribution is 2.38. The summed E-state index contributed by atoms with van der Waals surface area (Å²) in [6.45, 7) is 9.15. The zero-order valence-electron chi connectivity index (χ0n) is 22.9. The molecule has 1 unspecified atom stereocenters. The molecule has 204 valence electrons. The van der Waals surface area contributed by atoms with Crippen LogP contribution < -0.4 is 9.64 Å². The first kappa shape index (κ1) is 27.4. The van der Waals surface area contributed by atoms with E-state index in [4.69, 9.17) is 16.3 Å². The van der Waals surface area contributed by atoms with Gasteiger partial charge in [0.25, 0.3) is 0 Å². The smallest absolute Gasteiger partial charge is 0.231 e. The minimum Gasteiger partial charge on any atom is -0.487 e. The van der Waals surface area contributed by atoms with Gasteiger partial charge in [-0.25, -0.2) is 0 Å². The van der Waals surface area contributed by atoms with Crippen molar-refractivity contribution in [2.45, 2.75) is 45.8 Å². The number of hydrogen-bond donors (Lipinski definition) is 1. The number of rotatable bonds is 7. The molecule has 1 fully saturated rings. The molecule has 0 radical (unpaired) electrons. The third kappa shape index (κ3) is 6.03.